The Kier molecular flexibility index (Phi) is 5.90. The number of carbonyl (C=O) groups is 1. The summed E-state index contributed by atoms with van der Waals surface area (Å²) in [6.45, 7) is 7.06. The van der Waals surface area contributed by atoms with Crippen LogP contribution in [-0.2, 0) is 33.1 Å². The van der Waals surface area contributed by atoms with Gasteiger partial charge in [0.15, 0.2) is 5.60 Å². The molecule has 0 radical (unpaired) electrons. The van der Waals surface area contributed by atoms with E-state index in [2.05, 4.69) is 24.3 Å². The molecule has 2 aliphatic rings. The Balaban J connectivity index is 1.61. The highest BCUT2D eigenvalue weighted by Gasteiger charge is 2.45. The maximum Gasteiger partial charge on any atom is 0.343 e. The van der Waals surface area contributed by atoms with Crippen molar-refractivity contribution in [3.05, 3.63) is 62.9 Å². The Hall–Kier alpha value is -3.56. The van der Waals surface area contributed by atoms with E-state index in [1.165, 1.54) is 0 Å². The molecule has 0 spiro atoms. The van der Waals surface area contributed by atoms with Gasteiger partial charge in [-0.15, -0.1) is 0 Å². The van der Waals surface area contributed by atoms with Gasteiger partial charge in [-0.25, -0.2) is 9.78 Å². The van der Waals surface area contributed by atoms with Gasteiger partial charge in [-0.05, 0) is 18.6 Å². The number of benzene rings is 1. The number of hydrogen-bond donors (Lipinski definition) is 2. The van der Waals surface area contributed by atoms with E-state index in [4.69, 9.17) is 14.6 Å². The molecule has 1 atom stereocenters. The van der Waals surface area contributed by atoms with Crippen molar-refractivity contribution in [1.29, 1.82) is 0 Å². The molecule has 0 fully saturated rings. The summed E-state index contributed by atoms with van der Waals surface area (Å²) >= 11 is 0. The van der Waals surface area contributed by atoms with Crippen molar-refractivity contribution < 1.29 is 19.5 Å². The first kappa shape index (κ1) is 23.2. The van der Waals surface area contributed by atoms with Crippen molar-refractivity contribution >= 4 is 23.1 Å². The predicted octanol–water partition coefficient (Wildman–Crippen LogP) is 2.43. The van der Waals surface area contributed by atoms with Gasteiger partial charge < -0.3 is 24.6 Å². The number of nitrogens with zero attached hydrogens (tertiary/aromatic N) is 3. The van der Waals surface area contributed by atoms with Crippen LogP contribution in [0.25, 0.3) is 22.3 Å². The Morgan fingerprint density at radius 3 is 2.89 bits per heavy atom. The van der Waals surface area contributed by atoms with Gasteiger partial charge in [0.05, 0.1) is 35.2 Å². The molecule has 2 N–H and O–H groups in total. The molecular formula is C26H28N4O5. The number of nitrogens with one attached hydrogen (secondary N) is 1. The van der Waals surface area contributed by atoms with Gasteiger partial charge in [0.1, 0.15) is 13.2 Å². The van der Waals surface area contributed by atoms with Gasteiger partial charge in [0, 0.05) is 34.7 Å². The fourth-order valence-electron chi connectivity index (χ4n) is 4.74. The minimum atomic E-state index is -1.86. The largest absolute Gasteiger partial charge is 0.458 e. The van der Waals surface area contributed by atoms with Gasteiger partial charge in [-0.1, -0.05) is 44.1 Å². The third-order valence-corrected chi connectivity index (χ3v) is 6.64. The molecule has 5 rings (SSSR count). The quantitative estimate of drug-likeness (QED) is 0.182. The van der Waals surface area contributed by atoms with E-state index in [9.17, 15) is 14.7 Å². The molecular weight excluding hydrogens is 448 g/mol. The second-order valence-electron chi connectivity index (χ2n) is 9.15. The van der Waals surface area contributed by atoms with Crippen LogP contribution < -0.4 is 10.9 Å². The normalized spacial score (nSPS) is 18.6. The number of fused-ring (bicyclic) bond motifs is 5. The third-order valence-electron chi connectivity index (χ3n) is 6.64. The van der Waals surface area contributed by atoms with Crippen LogP contribution in [0.2, 0.25) is 0 Å². The van der Waals surface area contributed by atoms with Gasteiger partial charge in [0.2, 0.25) is 0 Å². The summed E-state index contributed by atoms with van der Waals surface area (Å²) in [5, 5.41) is 19.4. The molecule has 0 saturated carbocycles. The molecule has 0 saturated heterocycles. The maximum absolute atomic E-state index is 13.4. The number of hydrogen-bond acceptors (Lipinski definition) is 8. The van der Waals surface area contributed by atoms with E-state index in [1.807, 2.05) is 24.3 Å². The molecule has 2 aliphatic heterocycles. The fraction of sp³-hybridized carbons (Fsp3) is 0.385. The number of oxime groups is 1. The number of para-hydroxylation sites is 1. The molecule has 0 amide bonds. The number of aromatic nitrogens is 2. The first-order chi connectivity index (χ1) is 16.8. The molecule has 35 heavy (non-hydrogen) atoms. The average Bonchev–Trinajstić information content (AvgIpc) is 3.22. The summed E-state index contributed by atoms with van der Waals surface area (Å²) in [5.41, 5.74) is 2.04. The summed E-state index contributed by atoms with van der Waals surface area (Å²) in [6, 6.07) is 9.77. The second kappa shape index (κ2) is 8.90. The number of aliphatic hydroxyl groups is 1. The molecule has 182 valence electrons. The Morgan fingerprint density at radius 1 is 1.31 bits per heavy atom. The highest BCUT2D eigenvalue weighted by atomic mass is 16.6. The lowest BCUT2D eigenvalue weighted by atomic mass is 9.86. The lowest BCUT2D eigenvalue weighted by Gasteiger charge is -2.31. The highest BCUT2D eigenvalue weighted by Crippen LogP contribution is 2.39. The molecule has 4 heterocycles. The van der Waals surface area contributed by atoms with Gasteiger partial charge in [-0.2, -0.15) is 0 Å². The summed E-state index contributed by atoms with van der Waals surface area (Å²) in [6.07, 6.45) is 1.77. The van der Waals surface area contributed by atoms with E-state index in [-0.39, 0.29) is 18.6 Å². The monoisotopic (exact) mass is 476 g/mol. The van der Waals surface area contributed by atoms with Gasteiger partial charge in [-0.3, -0.25) is 4.79 Å². The van der Waals surface area contributed by atoms with E-state index < -0.39 is 11.6 Å². The van der Waals surface area contributed by atoms with Crippen LogP contribution in [0.5, 0.6) is 0 Å². The van der Waals surface area contributed by atoms with Crippen molar-refractivity contribution in [2.45, 2.75) is 52.0 Å². The van der Waals surface area contributed by atoms with Crippen molar-refractivity contribution in [2.75, 3.05) is 13.2 Å². The molecule has 0 aliphatic carbocycles. The molecule has 0 unspecified atom stereocenters. The first-order valence-electron chi connectivity index (χ1n) is 11.8. The minimum Gasteiger partial charge on any atom is -0.458 e. The zero-order chi connectivity index (χ0) is 24.7. The second-order valence-corrected chi connectivity index (χ2v) is 9.15. The topological polar surface area (TPSA) is 115 Å². The summed E-state index contributed by atoms with van der Waals surface area (Å²) in [7, 11) is 0. The minimum absolute atomic E-state index is 0.0979. The lowest BCUT2D eigenvalue weighted by Crippen LogP contribution is -2.44. The lowest BCUT2D eigenvalue weighted by molar-refractivity contribution is -0.172. The molecule has 1 aromatic carbocycles. The van der Waals surface area contributed by atoms with Gasteiger partial charge >= 0.3 is 5.97 Å². The number of pyridine rings is 2. The van der Waals surface area contributed by atoms with Crippen LogP contribution in [0.1, 0.15) is 49.4 Å². The number of ether oxygens (including phenoxy) is 1. The maximum atomic E-state index is 13.4. The summed E-state index contributed by atoms with van der Waals surface area (Å²) in [5.74, 6) is -0.738. The van der Waals surface area contributed by atoms with Crippen LogP contribution in [-0.4, -0.2) is 46.0 Å². The van der Waals surface area contributed by atoms with E-state index in [1.54, 1.807) is 23.8 Å². The van der Waals surface area contributed by atoms with Crippen LogP contribution in [0.3, 0.4) is 0 Å². The molecule has 0 bridgehead atoms. The first-order valence-corrected chi connectivity index (χ1v) is 11.8. The smallest absolute Gasteiger partial charge is 0.343 e. The van der Waals surface area contributed by atoms with E-state index >= 15 is 0 Å². The van der Waals surface area contributed by atoms with Crippen molar-refractivity contribution in [3.63, 3.8) is 0 Å². The zero-order valence-electron chi connectivity index (χ0n) is 20.0. The molecule has 2 aromatic heterocycles. The Labute approximate surface area is 202 Å². The van der Waals surface area contributed by atoms with Crippen molar-refractivity contribution in [3.8, 4) is 11.4 Å². The van der Waals surface area contributed by atoms with Crippen LogP contribution in [0.4, 0.5) is 0 Å². The Morgan fingerprint density at radius 2 is 2.11 bits per heavy atom. The number of carbonyl (C=O) groups excluding carboxylic acids is 1. The highest BCUT2D eigenvalue weighted by molar-refractivity contribution is 6.02. The number of cyclic esters (lactones) is 1. The average molecular weight is 477 g/mol. The SMILES string of the molecule is CC[C@@]1(O)C(=O)OCc2c1cc1n(c2=O)Cc2c-1nc1ccccc1c2/C=N/OCCNC(C)C. The van der Waals surface area contributed by atoms with Crippen LogP contribution in [0.15, 0.2) is 40.3 Å². The van der Waals surface area contributed by atoms with Crippen molar-refractivity contribution in [1.82, 2.24) is 14.9 Å². The standard InChI is InChI=1S/C26H28N4O5/c1-4-26(33)20-11-22-23-18(13-30(22)24(31)19(20)14-34-25(26)32)17(12-28-35-10-9-27-15(2)3)16-7-5-6-8-21(16)29-23/h5-8,11-12,15,27,33H,4,9-10,13-14H2,1-3H3/b28-12+/t26-/m0/s1. The van der Waals surface area contributed by atoms with E-state index in [0.29, 0.717) is 48.3 Å². The van der Waals surface area contributed by atoms with Gasteiger partial charge in [0.25, 0.3) is 5.56 Å². The van der Waals surface area contributed by atoms with Crippen LogP contribution in [0, 0.1) is 0 Å². The Bertz CT molecular complexity index is 1410. The summed E-state index contributed by atoms with van der Waals surface area (Å²) in [4.78, 5) is 36.1. The number of esters is 1. The molecule has 9 nitrogen and oxygen atoms in total. The third kappa shape index (κ3) is 3.81. The van der Waals surface area contributed by atoms with Crippen LogP contribution >= 0.6 is 0 Å². The number of rotatable bonds is 7. The summed E-state index contributed by atoms with van der Waals surface area (Å²) < 4.78 is 6.77. The predicted molar refractivity (Wildman–Crippen MR) is 131 cm³/mol. The molecule has 3 aromatic rings. The molecule has 9 heteroatoms. The zero-order valence-corrected chi connectivity index (χ0v) is 20.0. The van der Waals surface area contributed by atoms with Crippen molar-refractivity contribution in [2.24, 2.45) is 5.16 Å². The van der Waals surface area contributed by atoms with E-state index in [0.717, 1.165) is 22.0 Å². The fourth-order valence-corrected chi connectivity index (χ4v) is 4.74.